The Bertz CT molecular complexity index is 806. The van der Waals surface area contributed by atoms with Gasteiger partial charge >= 0.3 is 0 Å². The smallest absolute Gasteiger partial charge is 0.271 e. The van der Waals surface area contributed by atoms with Crippen LogP contribution in [0.3, 0.4) is 0 Å². The summed E-state index contributed by atoms with van der Waals surface area (Å²) in [6.07, 6.45) is 1.51. The van der Waals surface area contributed by atoms with E-state index in [1.807, 2.05) is 19.9 Å². The maximum absolute atomic E-state index is 12.2. The molecule has 6 heteroatoms. The summed E-state index contributed by atoms with van der Waals surface area (Å²) in [6, 6.07) is 13.8. The maximum Gasteiger partial charge on any atom is 0.271 e. The molecule has 0 atom stereocenters. The van der Waals surface area contributed by atoms with E-state index in [4.69, 9.17) is 14.7 Å². The van der Waals surface area contributed by atoms with Crippen molar-refractivity contribution in [3.05, 3.63) is 59.2 Å². The van der Waals surface area contributed by atoms with E-state index in [1.54, 1.807) is 42.5 Å². The van der Waals surface area contributed by atoms with E-state index < -0.39 is 0 Å². The monoisotopic (exact) mass is 337 g/mol. The Hall–Kier alpha value is -3.33. The van der Waals surface area contributed by atoms with Crippen LogP contribution in [0.5, 0.6) is 11.5 Å². The van der Waals surface area contributed by atoms with Crippen LogP contribution in [0.4, 0.5) is 0 Å². The van der Waals surface area contributed by atoms with Crippen LogP contribution in [0.15, 0.2) is 47.6 Å². The summed E-state index contributed by atoms with van der Waals surface area (Å²) in [5.74, 6) is 0.701. The molecule has 25 heavy (non-hydrogen) atoms. The molecule has 2 rings (SSSR count). The SMILES string of the molecule is COc1cc(C(=O)N/N=C\c2ccc(C#N)cc2)ccc1OC(C)C. The Morgan fingerprint density at radius 3 is 2.52 bits per heavy atom. The fraction of sp³-hybridized carbons (Fsp3) is 0.211. The third kappa shape index (κ3) is 5.08. The predicted molar refractivity (Wildman–Crippen MR) is 95.0 cm³/mol. The van der Waals surface area contributed by atoms with E-state index in [0.717, 1.165) is 5.56 Å². The Morgan fingerprint density at radius 2 is 1.92 bits per heavy atom. The minimum absolute atomic E-state index is 0.00518. The molecule has 6 nitrogen and oxygen atoms in total. The number of rotatable bonds is 6. The molecule has 2 aromatic rings. The van der Waals surface area contributed by atoms with Crippen LogP contribution >= 0.6 is 0 Å². The number of nitrogens with one attached hydrogen (secondary N) is 1. The zero-order valence-electron chi connectivity index (χ0n) is 14.3. The third-order valence-electron chi connectivity index (χ3n) is 3.21. The van der Waals surface area contributed by atoms with Gasteiger partial charge in [0.05, 0.1) is 31.1 Å². The summed E-state index contributed by atoms with van der Waals surface area (Å²) >= 11 is 0. The van der Waals surface area contributed by atoms with Crippen molar-refractivity contribution in [1.29, 1.82) is 5.26 Å². The second kappa shape index (κ2) is 8.50. The average molecular weight is 337 g/mol. The number of nitriles is 1. The maximum atomic E-state index is 12.2. The van der Waals surface area contributed by atoms with Gasteiger partial charge in [0.15, 0.2) is 11.5 Å². The van der Waals surface area contributed by atoms with Crippen molar-refractivity contribution in [2.75, 3.05) is 7.11 Å². The first kappa shape index (κ1) is 18.0. The molecule has 0 fully saturated rings. The molecule has 0 unspecified atom stereocenters. The van der Waals surface area contributed by atoms with Crippen LogP contribution in [-0.2, 0) is 0 Å². The highest BCUT2D eigenvalue weighted by molar-refractivity contribution is 5.95. The highest BCUT2D eigenvalue weighted by Crippen LogP contribution is 2.28. The highest BCUT2D eigenvalue weighted by Gasteiger charge is 2.11. The molecular weight excluding hydrogens is 318 g/mol. The van der Waals surface area contributed by atoms with Crippen molar-refractivity contribution < 1.29 is 14.3 Å². The number of carbonyl (C=O) groups is 1. The number of methoxy groups -OCH3 is 1. The van der Waals surface area contributed by atoms with Crippen molar-refractivity contribution in [2.24, 2.45) is 5.10 Å². The molecule has 0 saturated heterocycles. The summed E-state index contributed by atoms with van der Waals surface area (Å²) in [6.45, 7) is 3.83. The lowest BCUT2D eigenvalue weighted by Gasteiger charge is -2.14. The first-order valence-electron chi connectivity index (χ1n) is 7.71. The van der Waals surface area contributed by atoms with Gasteiger partial charge in [-0.15, -0.1) is 0 Å². The van der Waals surface area contributed by atoms with E-state index in [9.17, 15) is 4.79 Å². The van der Waals surface area contributed by atoms with Gasteiger partial charge in [0.1, 0.15) is 0 Å². The van der Waals surface area contributed by atoms with Gasteiger partial charge in [0.2, 0.25) is 0 Å². The molecule has 128 valence electrons. The topological polar surface area (TPSA) is 83.7 Å². The largest absolute Gasteiger partial charge is 0.493 e. The molecule has 1 amide bonds. The van der Waals surface area contributed by atoms with Crippen molar-refractivity contribution in [1.82, 2.24) is 5.43 Å². The number of amides is 1. The fourth-order valence-corrected chi connectivity index (χ4v) is 2.03. The molecule has 0 spiro atoms. The van der Waals surface area contributed by atoms with Gasteiger partial charge in [0, 0.05) is 5.56 Å². The Morgan fingerprint density at radius 1 is 1.20 bits per heavy atom. The number of hydrogen-bond acceptors (Lipinski definition) is 5. The lowest BCUT2D eigenvalue weighted by atomic mass is 10.2. The molecule has 0 aromatic heterocycles. The van der Waals surface area contributed by atoms with Gasteiger partial charge in [-0.3, -0.25) is 4.79 Å². The van der Waals surface area contributed by atoms with Crippen molar-refractivity contribution in [3.63, 3.8) is 0 Å². The Balaban J connectivity index is 2.04. The van der Waals surface area contributed by atoms with E-state index >= 15 is 0 Å². The molecule has 0 heterocycles. The van der Waals surface area contributed by atoms with Crippen molar-refractivity contribution >= 4 is 12.1 Å². The Kier molecular flexibility index (Phi) is 6.13. The van der Waals surface area contributed by atoms with E-state index in [1.165, 1.54) is 13.3 Å². The third-order valence-corrected chi connectivity index (χ3v) is 3.21. The van der Waals surface area contributed by atoms with Gasteiger partial charge in [-0.25, -0.2) is 5.43 Å². The second-order valence-corrected chi connectivity index (χ2v) is 5.47. The molecule has 1 N–H and O–H groups in total. The summed E-state index contributed by atoms with van der Waals surface area (Å²) in [4.78, 5) is 12.2. The number of nitrogens with zero attached hydrogens (tertiary/aromatic N) is 2. The predicted octanol–water partition coefficient (Wildman–Crippen LogP) is 3.12. The van der Waals surface area contributed by atoms with Gasteiger partial charge in [-0.05, 0) is 49.7 Å². The zero-order valence-corrected chi connectivity index (χ0v) is 14.3. The number of benzene rings is 2. The quantitative estimate of drug-likeness (QED) is 0.648. The fourth-order valence-electron chi connectivity index (χ4n) is 2.03. The summed E-state index contributed by atoms with van der Waals surface area (Å²) in [5, 5.41) is 12.7. The first-order valence-corrected chi connectivity index (χ1v) is 7.71. The number of hydrogen-bond donors (Lipinski definition) is 1. The molecule has 0 bridgehead atoms. The van der Waals surface area contributed by atoms with E-state index in [2.05, 4.69) is 10.5 Å². The Labute approximate surface area is 146 Å². The van der Waals surface area contributed by atoms with E-state index in [0.29, 0.717) is 22.6 Å². The molecule has 0 aliphatic rings. The van der Waals surface area contributed by atoms with Crippen LogP contribution in [-0.4, -0.2) is 25.3 Å². The van der Waals surface area contributed by atoms with E-state index in [-0.39, 0.29) is 12.0 Å². The number of hydrazone groups is 1. The minimum atomic E-state index is -0.362. The zero-order chi connectivity index (χ0) is 18.2. The van der Waals surface area contributed by atoms with Gasteiger partial charge in [-0.1, -0.05) is 12.1 Å². The highest BCUT2D eigenvalue weighted by atomic mass is 16.5. The molecule has 2 aromatic carbocycles. The van der Waals surface area contributed by atoms with Crippen LogP contribution < -0.4 is 14.9 Å². The molecule has 0 radical (unpaired) electrons. The molecule has 0 saturated carbocycles. The normalized spacial score (nSPS) is 10.5. The van der Waals surface area contributed by atoms with Gasteiger partial charge in [-0.2, -0.15) is 10.4 Å². The van der Waals surface area contributed by atoms with Crippen LogP contribution in [0, 0.1) is 11.3 Å². The van der Waals surface area contributed by atoms with Crippen molar-refractivity contribution in [2.45, 2.75) is 20.0 Å². The average Bonchev–Trinajstić information content (AvgIpc) is 2.62. The standard InChI is InChI=1S/C19H19N3O3/c1-13(2)25-17-9-8-16(10-18(17)24-3)19(23)22-21-12-15-6-4-14(11-20)5-7-15/h4-10,12-13H,1-3H3,(H,22,23)/b21-12-. The summed E-state index contributed by atoms with van der Waals surface area (Å²) < 4.78 is 10.9. The summed E-state index contributed by atoms with van der Waals surface area (Å²) in [7, 11) is 1.52. The lowest BCUT2D eigenvalue weighted by Crippen LogP contribution is -2.18. The van der Waals surface area contributed by atoms with Crippen molar-refractivity contribution in [3.8, 4) is 17.6 Å². The van der Waals surface area contributed by atoms with Gasteiger partial charge in [0.25, 0.3) is 5.91 Å². The van der Waals surface area contributed by atoms with Gasteiger partial charge < -0.3 is 9.47 Å². The van der Waals surface area contributed by atoms with Crippen LogP contribution in [0.25, 0.3) is 0 Å². The summed E-state index contributed by atoms with van der Waals surface area (Å²) in [5.41, 5.74) is 4.21. The van der Waals surface area contributed by atoms with Crippen LogP contribution in [0.2, 0.25) is 0 Å². The molecule has 0 aliphatic heterocycles. The molecule has 0 aliphatic carbocycles. The second-order valence-electron chi connectivity index (χ2n) is 5.47. The first-order chi connectivity index (χ1) is 12.0. The lowest BCUT2D eigenvalue weighted by molar-refractivity contribution is 0.0954. The number of carbonyl (C=O) groups excluding carboxylic acids is 1. The minimum Gasteiger partial charge on any atom is -0.493 e. The number of ether oxygens (including phenoxy) is 2. The molecular formula is C19H19N3O3. The van der Waals surface area contributed by atoms with Crippen LogP contribution in [0.1, 0.15) is 35.3 Å².